The van der Waals surface area contributed by atoms with E-state index in [1.165, 1.54) is 5.56 Å². The van der Waals surface area contributed by atoms with Crippen molar-refractivity contribution in [2.75, 3.05) is 36.0 Å². The second-order valence-electron chi connectivity index (χ2n) is 7.24. The number of anilines is 2. The van der Waals surface area contributed by atoms with Crippen molar-refractivity contribution in [3.63, 3.8) is 0 Å². The van der Waals surface area contributed by atoms with Gasteiger partial charge in [0.1, 0.15) is 11.6 Å². The summed E-state index contributed by atoms with van der Waals surface area (Å²) < 4.78 is 0. The zero-order chi connectivity index (χ0) is 20.1. The molecule has 0 aliphatic carbocycles. The third-order valence-electron chi connectivity index (χ3n) is 5.16. The highest BCUT2D eigenvalue weighted by molar-refractivity contribution is 5.94. The highest BCUT2D eigenvalue weighted by atomic mass is 16.1. The highest BCUT2D eigenvalue weighted by Gasteiger charge is 2.19. The first-order valence-electron chi connectivity index (χ1n) is 9.90. The summed E-state index contributed by atoms with van der Waals surface area (Å²) >= 11 is 0. The minimum Gasteiger partial charge on any atom is -0.353 e. The molecule has 2 aromatic heterocycles. The maximum atomic E-state index is 12.4. The molecular formula is C23H25N5O. The van der Waals surface area contributed by atoms with Crippen molar-refractivity contribution >= 4 is 17.5 Å². The van der Waals surface area contributed by atoms with E-state index >= 15 is 0 Å². The summed E-state index contributed by atoms with van der Waals surface area (Å²) in [7, 11) is 0. The number of carbonyl (C=O) groups excluding carboxylic acids is 1. The van der Waals surface area contributed by atoms with Crippen LogP contribution >= 0.6 is 0 Å². The zero-order valence-corrected chi connectivity index (χ0v) is 16.6. The van der Waals surface area contributed by atoms with Crippen molar-refractivity contribution in [3.8, 4) is 0 Å². The Morgan fingerprint density at radius 3 is 2.17 bits per heavy atom. The van der Waals surface area contributed by atoms with Crippen LogP contribution in [0.15, 0.2) is 67.0 Å². The Labute approximate surface area is 171 Å². The van der Waals surface area contributed by atoms with Crippen LogP contribution in [-0.4, -0.2) is 42.1 Å². The molecule has 1 saturated heterocycles. The van der Waals surface area contributed by atoms with Gasteiger partial charge in [0.05, 0.1) is 5.56 Å². The summed E-state index contributed by atoms with van der Waals surface area (Å²) in [5.74, 6) is 1.81. The molecule has 1 aliphatic rings. The predicted octanol–water partition coefficient (Wildman–Crippen LogP) is 3.04. The van der Waals surface area contributed by atoms with Crippen molar-refractivity contribution < 1.29 is 4.79 Å². The molecule has 6 heteroatoms. The number of aromatic nitrogens is 2. The van der Waals surface area contributed by atoms with Crippen LogP contribution < -0.4 is 15.1 Å². The number of carbonyl (C=O) groups is 1. The van der Waals surface area contributed by atoms with Crippen LogP contribution in [0.5, 0.6) is 0 Å². The maximum Gasteiger partial charge on any atom is 0.253 e. The maximum absolute atomic E-state index is 12.4. The first-order chi connectivity index (χ1) is 14.2. The molecule has 1 N–H and O–H groups in total. The van der Waals surface area contributed by atoms with E-state index in [4.69, 9.17) is 0 Å². The molecule has 3 aromatic rings. The third-order valence-corrected chi connectivity index (χ3v) is 5.16. The molecule has 1 aromatic carbocycles. The lowest BCUT2D eigenvalue weighted by atomic mass is 10.1. The standard InChI is InChI=1S/C23H25N5O/c1-18-5-7-19(8-6-18)16-26-23(29)20-9-10-22(25-17-20)28-14-12-27(13-15-28)21-4-2-3-11-24-21/h2-11,17H,12-16H2,1H3,(H,26,29). The molecule has 1 aliphatic heterocycles. The number of pyridine rings is 2. The number of hydrogen-bond donors (Lipinski definition) is 1. The van der Waals surface area contributed by atoms with Gasteiger partial charge in [-0.3, -0.25) is 4.79 Å². The Morgan fingerprint density at radius 2 is 1.59 bits per heavy atom. The van der Waals surface area contributed by atoms with Gasteiger partial charge < -0.3 is 15.1 Å². The van der Waals surface area contributed by atoms with Crippen molar-refractivity contribution in [1.82, 2.24) is 15.3 Å². The summed E-state index contributed by atoms with van der Waals surface area (Å²) in [6.45, 7) is 6.12. The van der Waals surface area contributed by atoms with Crippen molar-refractivity contribution in [2.45, 2.75) is 13.5 Å². The lowest BCUT2D eigenvalue weighted by Gasteiger charge is -2.36. The van der Waals surface area contributed by atoms with E-state index in [1.54, 1.807) is 6.20 Å². The van der Waals surface area contributed by atoms with E-state index in [0.29, 0.717) is 12.1 Å². The van der Waals surface area contributed by atoms with Gasteiger partial charge >= 0.3 is 0 Å². The average molecular weight is 387 g/mol. The van der Waals surface area contributed by atoms with Crippen LogP contribution in [0.1, 0.15) is 21.5 Å². The third kappa shape index (κ3) is 4.71. The Hall–Kier alpha value is -3.41. The van der Waals surface area contributed by atoms with E-state index in [0.717, 1.165) is 43.4 Å². The number of benzene rings is 1. The number of rotatable bonds is 5. The fourth-order valence-corrected chi connectivity index (χ4v) is 3.40. The molecule has 4 rings (SSSR count). The Kier molecular flexibility index (Phi) is 5.70. The minimum absolute atomic E-state index is 0.107. The Balaban J connectivity index is 1.31. The SMILES string of the molecule is Cc1ccc(CNC(=O)c2ccc(N3CCN(c4ccccn4)CC3)nc2)cc1. The molecule has 0 unspecified atom stereocenters. The lowest BCUT2D eigenvalue weighted by molar-refractivity contribution is 0.0950. The second-order valence-corrected chi connectivity index (χ2v) is 7.24. The quantitative estimate of drug-likeness (QED) is 0.729. The second kappa shape index (κ2) is 8.73. The smallest absolute Gasteiger partial charge is 0.253 e. The van der Waals surface area contributed by atoms with Crippen LogP contribution in [0.4, 0.5) is 11.6 Å². The van der Waals surface area contributed by atoms with E-state index in [-0.39, 0.29) is 5.91 Å². The molecule has 1 fully saturated rings. The molecule has 148 valence electrons. The molecular weight excluding hydrogens is 362 g/mol. The Bertz CT molecular complexity index is 933. The molecule has 3 heterocycles. The number of hydrogen-bond acceptors (Lipinski definition) is 5. The number of aryl methyl sites for hydroxylation is 1. The van der Waals surface area contributed by atoms with Crippen LogP contribution in [-0.2, 0) is 6.54 Å². The summed E-state index contributed by atoms with van der Waals surface area (Å²) in [5, 5.41) is 2.95. The number of nitrogens with one attached hydrogen (secondary N) is 1. The predicted molar refractivity (Wildman–Crippen MR) is 115 cm³/mol. The van der Waals surface area contributed by atoms with E-state index in [1.807, 2.05) is 67.7 Å². The molecule has 1 amide bonds. The van der Waals surface area contributed by atoms with Gasteiger partial charge in [-0.15, -0.1) is 0 Å². The minimum atomic E-state index is -0.107. The number of nitrogens with zero attached hydrogens (tertiary/aromatic N) is 4. The first-order valence-corrected chi connectivity index (χ1v) is 9.90. The van der Waals surface area contributed by atoms with Gasteiger partial charge in [0.25, 0.3) is 5.91 Å². The van der Waals surface area contributed by atoms with Crippen LogP contribution in [0.25, 0.3) is 0 Å². The molecule has 6 nitrogen and oxygen atoms in total. The van der Waals surface area contributed by atoms with Gasteiger partial charge in [0.15, 0.2) is 0 Å². The van der Waals surface area contributed by atoms with Crippen LogP contribution in [0.2, 0.25) is 0 Å². The topological polar surface area (TPSA) is 61.4 Å². The Morgan fingerprint density at radius 1 is 0.897 bits per heavy atom. The average Bonchev–Trinajstić information content (AvgIpc) is 2.79. The molecule has 29 heavy (non-hydrogen) atoms. The van der Waals surface area contributed by atoms with Gasteiger partial charge in [-0.05, 0) is 36.8 Å². The first kappa shape index (κ1) is 18.9. The zero-order valence-electron chi connectivity index (χ0n) is 16.6. The fraction of sp³-hybridized carbons (Fsp3) is 0.261. The van der Waals surface area contributed by atoms with E-state index < -0.39 is 0 Å². The van der Waals surface area contributed by atoms with Gasteiger partial charge in [-0.1, -0.05) is 35.9 Å². The summed E-state index contributed by atoms with van der Waals surface area (Å²) in [4.78, 5) is 25.9. The molecule has 0 spiro atoms. The van der Waals surface area contributed by atoms with E-state index in [2.05, 4.69) is 25.1 Å². The van der Waals surface area contributed by atoms with Crippen molar-refractivity contribution in [2.24, 2.45) is 0 Å². The molecule has 0 radical (unpaired) electrons. The fourth-order valence-electron chi connectivity index (χ4n) is 3.40. The monoisotopic (exact) mass is 387 g/mol. The van der Waals surface area contributed by atoms with Crippen LogP contribution in [0, 0.1) is 6.92 Å². The number of amides is 1. The van der Waals surface area contributed by atoms with Crippen LogP contribution in [0.3, 0.4) is 0 Å². The molecule has 0 atom stereocenters. The van der Waals surface area contributed by atoms with Gasteiger partial charge in [0, 0.05) is 45.1 Å². The summed E-state index contributed by atoms with van der Waals surface area (Å²) in [6.07, 6.45) is 3.48. The summed E-state index contributed by atoms with van der Waals surface area (Å²) in [6, 6.07) is 17.9. The highest BCUT2D eigenvalue weighted by Crippen LogP contribution is 2.17. The van der Waals surface area contributed by atoms with Gasteiger partial charge in [-0.2, -0.15) is 0 Å². The van der Waals surface area contributed by atoms with Crippen molar-refractivity contribution in [1.29, 1.82) is 0 Å². The molecule has 0 bridgehead atoms. The van der Waals surface area contributed by atoms with Gasteiger partial charge in [-0.25, -0.2) is 9.97 Å². The molecule has 0 saturated carbocycles. The van der Waals surface area contributed by atoms with Crippen molar-refractivity contribution in [3.05, 3.63) is 83.7 Å². The number of piperazine rings is 1. The van der Waals surface area contributed by atoms with Gasteiger partial charge in [0.2, 0.25) is 0 Å². The normalized spacial score (nSPS) is 14.0. The van der Waals surface area contributed by atoms with E-state index in [9.17, 15) is 4.79 Å². The largest absolute Gasteiger partial charge is 0.353 e. The summed E-state index contributed by atoms with van der Waals surface area (Å²) in [5.41, 5.74) is 2.87. The lowest BCUT2D eigenvalue weighted by Crippen LogP contribution is -2.47.